The Labute approximate surface area is 167 Å². The van der Waals surface area contributed by atoms with Gasteiger partial charge >= 0.3 is 0 Å². The Morgan fingerprint density at radius 3 is 2.64 bits per heavy atom. The second kappa shape index (κ2) is 10.8. The van der Waals surface area contributed by atoms with Gasteiger partial charge in [-0.25, -0.2) is 8.42 Å². The van der Waals surface area contributed by atoms with Crippen molar-refractivity contribution >= 4 is 40.0 Å². The average Bonchev–Trinajstić information content (AvgIpc) is 2.63. The number of sulfonamides is 1. The molecular weight excluding hydrogens is 451 g/mol. The minimum absolute atomic E-state index is 0. The Morgan fingerprint density at radius 1 is 1.28 bits per heavy atom. The number of rotatable bonds is 6. The molecule has 0 aliphatic carbocycles. The number of nitrogens with zero attached hydrogens (tertiary/aromatic N) is 2. The van der Waals surface area contributed by atoms with Crippen LogP contribution < -0.4 is 10.6 Å². The Morgan fingerprint density at radius 2 is 2.00 bits per heavy atom. The van der Waals surface area contributed by atoms with Gasteiger partial charge in [0.25, 0.3) is 0 Å². The van der Waals surface area contributed by atoms with Crippen molar-refractivity contribution in [3.8, 4) is 0 Å². The van der Waals surface area contributed by atoms with Crippen molar-refractivity contribution in [3.63, 3.8) is 0 Å². The molecule has 0 radical (unpaired) electrons. The molecular formula is C17H27IN4O2S. The molecule has 0 unspecified atom stereocenters. The number of hydrogen-bond acceptors (Lipinski definition) is 3. The molecule has 0 spiro atoms. The van der Waals surface area contributed by atoms with Crippen molar-refractivity contribution < 1.29 is 8.42 Å². The zero-order valence-electron chi connectivity index (χ0n) is 14.6. The largest absolute Gasteiger partial charge is 0.353 e. The lowest BCUT2D eigenvalue weighted by Crippen LogP contribution is -2.37. The Balaban J connectivity index is 0.00000312. The van der Waals surface area contributed by atoms with E-state index >= 15 is 0 Å². The predicted octanol–water partition coefficient (Wildman–Crippen LogP) is 2.33. The van der Waals surface area contributed by atoms with Gasteiger partial charge < -0.3 is 10.6 Å². The highest BCUT2D eigenvalue weighted by Gasteiger charge is 2.25. The van der Waals surface area contributed by atoms with Gasteiger partial charge in [0.2, 0.25) is 10.0 Å². The van der Waals surface area contributed by atoms with Crippen molar-refractivity contribution in [1.29, 1.82) is 0 Å². The monoisotopic (exact) mass is 478 g/mol. The Kier molecular flexibility index (Phi) is 9.44. The quantitative estimate of drug-likeness (QED) is 0.285. The fourth-order valence-corrected chi connectivity index (χ4v) is 4.23. The maximum atomic E-state index is 12.7. The summed E-state index contributed by atoms with van der Waals surface area (Å²) in [6.07, 6.45) is 4.73. The van der Waals surface area contributed by atoms with Crippen molar-refractivity contribution in [1.82, 2.24) is 14.9 Å². The summed E-state index contributed by atoms with van der Waals surface area (Å²) in [5, 5.41) is 6.24. The molecule has 25 heavy (non-hydrogen) atoms. The van der Waals surface area contributed by atoms with E-state index in [0.29, 0.717) is 37.0 Å². The van der Waals surface area contributed by atoms with E-state index in [1.54, 1.807) is 35.6 Å². The third kappa shape index (κ3) is 6.27. The highest BCUT2D eigenvalue weighted by Crippen LogP contribution is 2.21. The Hall–Kier alpha value is -1.13. The second-order valence-electron chi connectivity index (χ2n) is 5.71. The van der Waals surface area contributed by atoms with E-state index in [1.165, 1.54) is 0 Å². The maximum absolute atomic E-state index is 12.7. The van der Waals surface area contributed by atoms with Crippen LogP contribution in [0, 0.1) is 0 Å². The molecule has 1 saturated heterocycles. The molecule has 6 nitrogen and oxygen atoms in total. The number of piperidine rings is 1. The standard InChI is InChI=1S/C17H26N4O2S.HI/c1-3-10-19-17(18-2)20-14-15-8-7-9-16(13-15)24(22,23)21-11-5-4-6-12-21;/h3,7-9,13H,1,4-6,10-12,14H2,2H3,(H2,18,19,20);1H. The number of guanidine groups is 1. The normalized spacial score (nSPS) is 16.0. The highest BCUT2D eigenvalue weighted by atomic mass is 127. The molecule has 1 heterocycles. The summed E-state index contributed by atoms with van der Waals surface area (Å²) < 4.78 is 27.1. The number of nitrogens with one attached hydrogen (secondary N) is 2. The molecule has 2 rings (SSSR count). The minimum Gasteiger partial charge on any atom is -0.353 e. The smallest absolute Gasteiger partial charge is 0.243 e. The topological polar surface area (TPSA) is 73.8 Å². The first-order valence-electron chi connectivity index (χ1n) is 8.22. The maximum Gasteiger partial charge on any atom is 0.243 e. The van der Waals surface area contributed by atoms with Gasteiger partial charge in [-0.3, -0.25) is 4.99 Å². The van der Waals surface area contributed by atoms with E-state index in [9.17, 15) is 8.42 Å². The molecule has 1 aromatic rings. The fraction of sp³-hybridized carbons (Fsp3) is 0.471. The predicted molar refractivity (Wildman–Crippen MR) is 113 cm³/mol. The summed E-state index contributed by atoms with van der Waals surface area (Å²) in [6, 6.07) is 7.09. The van der Waals surface area contributed by atoms with E-state index in [1.807, 2.05) is 6.07 Å². The third-order valence-electron chi connectivity index (χ3n) is 3.95. The molecule has 1 aliphatic rings. The van der Waals surface area contributed by atoms with Crippen LogP contribution in [-0.4, -0.2) is 45.4 Å². The van der Waals surface area contributed by atoms with Crippen LogP contribution in [0.25, 0.3) is 0 Å². The number of benzene rings is 1. The molecule has 0 aromatic heterocycles. The van der Waals surface area contributed by atoms with Crippen LogP contribution >= 0.6 is 24.0 Å². The first kappa shape index (κ1) is 21.9. The lowest BCUT2D eigenvalue weighted by Gasteiger charge is -2.26. The fourth-order valence-electron chi connectivity index (χ4n) is 2.65. The summed E-state index contributed by atoms with van der Waals surface area (Å²) in [5.74, 6) is 0.652. The van der Waals surface area contributed by atoms with Crippen molar-refractivity contribution in [2.45, 2.75) is 30.7 Å². The van der Waals surface area contributed by atoms with Gasteiger partial charge in [-0.2, -0.15) is 4.31 Å². The summed E-state index contributed by atoms with van der Waals surface area (Å²) >= 11 is 0. The average molecular weight is 478 g/mol. The van der Waals surface area contributed by atoms with Crippen LogP contribution in [0.2, 0.25) is 0 Å². The SMILES string of the molecule is C=CCNC(=NC)NCc1cccc(S(=O)(=O)N2CCCCC2)c1.I. The van der Waals surface area contributed by atoms with Crippen LogP contribution in [0.4, 0.5) is 0 Å². The third-order valence-corrected chi connectivity index (χ3v) is 5.84. The van der Waals surface area contributed by atoms with Crippen molar-refractivity contribution in [3.05, 3.63) is 42.5 Å². The second-order valence-corrected chi connectivity index (χ2v) is 7.65. The molecule has 1 aliphatic heterocycles. The van der Waals surface area contributed by atoms with E-state index < -0.39 is 10.0 Å². The molecule has 8 heteroatoms. The van der Waals surface area contributed by atoms with Gasteiger partial charge in [0.1, 0.15) is 0 Å². The van der Waals surface area contributed by atoms with Gasteiger partial charge in [0.05, 0.1) is 4.90 Å². The van der Waals surface area contributed by atoms with E-state index in [-0.39, 0.29) is 24.0 Å². The molecule has 2 N–H and O–H groups in total. The summed E-state index contributed by atoms with van der Waals surface area (Å²) in [6.45, 7) is 5.99. The van der Waals surface area contributed by atoms with Crippen LogP contribution in [0.15, 0.2) is 46.8 Å². The van der Waals surface area contributed by atoms with E-state index in [4.69, 9.17) is 0 Å². The van der Waals surface area contributed by atoms with Crippen LogP contribution in [-0.2, 0) is 16.6 Å². The van der Waals surface area contributed by atoms with Gasteiger partial charge in [-0.15, -0.1) is 30.6 Å². The zero-order chi connectivity index (χ0) is 17.4. The molecule has 0 bridgehead atoms. The molecule has 1 fully saturated rings. The Bertz CT molecular complexity index is 686. The zero-order valence-corrected chi connectivity index (χ0v) is 17.7. The summed E-state index contributed by atoms with van der Waals surface area (Å²) in [7, 11) is -1.71. The number of aliphatic imine (C=N–C) groups is 1. The molecule has 0 atom stereocenters. The first-order valence-corrected chi connectivity index (χ1v) is 9.66. The van der Waals surface area contributed by atoms with Crippen LogP contribution in [0.1, 0.15) is 24.8 Å². The van der Waals surface area contributed by atoms with Crippen LogP contribution in [0.5, 0.6) is 0 Å². The molecule has 0 saturated carbocycles. The number of halogens is 1. The summed E-state index contributed by atoms with van der Waals surface area (Å²) in [4.78, 5) is 4.46. The summed E-state index contributed by atoms with van der Waals surface area (Å²) in [5.41, 5.74) is 0.898. The minimum atomic E-state index is -3.40. The van der Waals surface area contributed by atoms with Gasteiger partial charge in [0, 0.05) is 33.2 Å². The van der Waals surface area contributed by atoms with E-state index in [0.717, 1.165) is 24.8 Å². The van der Waals surface area contributed by atoms with Gasteiger partial charge in [0.15, 0.2) is 5.96 Å². The molecule has 1 aromatic carbocycles. The molecule has 140 valence electrons. The van der Waals surface area contributed by atoms with E-state index in [2.05, 4.69) is 22.2 Å². The number of hydrogen-bond donors (Lipinski definition) is 2. The highest BCUT2D eigenvalue weighted by molar-refractivity contribution is 14.0. The van der Waals surface area contributed by atoms with Gasteiger partial charge in [-0.05, 0) is 30.5 Å². The van der Waals surface area contributed by atoms with Gasteiger partial charge in [-0.1, -0.05) is 24.6 Å². The molecule has 0 amide bonds. The first-order chi connectivity index (χ1) is 11.6. The van der Waals surface area contributed by atoms with Crippen molar-refractivity contribution in [2.75, 3.05) is 26.7 Å². The van der Waals surface area contributed by atoms with Crippen molar-refractivity contribution in [2.24, 2.45) is 4.99 Å². The van der Waals surface area contributed by atoms with Crippen LogP contribution in [0.3, 0.4) is 0 Å². The lowest BCUT2D eigenvalue weighted by atomic mass is 10.2. The lowest BCUT2D eigenvalue weighted by molar-refractivity contribution is 0.346.